The molecule has 1 saturated heterocycles. The Kier molecular flexibility index (Phi) is 5.23. The summed E-state index contributed by atoms with van der Waals surface area (Å²) in [5.74, 6) is -1.31. The van der Waals surface area contributed by atoms with Crippen molar-refractivity contribution in [3.8, 4) is 11.3 Å². The maximum Gasteiger partial charge on any atom is 0.309 e. The van der Waals surface area contributed by atoms with E-state index in [1.807, 2.05) is 35.2 Å². The molecule has 0 saturated carbocycles. The molecule has 1 N–H and O–H groups in total. The van der Waals surface area contributed by atoms with Gasteiger partial charge >= 0.3 is 5.97 Å². The minimum Gasteiger partial charge on any atom is -0.481 e. The van der Waals surface area contributed by atoms with Gasteiger partial charge in [-0.1, -0.05) is 30.3 Å². The number of nitrogens with zero attached hydrogens (tertiary/aromatic N) is 1. The molecular formula is C26H21F2NO3. The van der Waals surface area contributed by atoms with Crippen LogP contribution < -0.4 is 0 Å². The standard InChI is InChI=1S/C26H21F2NO3/c27-22-4-2-1-3-18(22)9-16-6-8-24-19(10-16)12-25(32-24)21-7-5-17(11-23(21)28)13-29-14-20(15-29)26(30)31/h1-8,10-12,20H,9,13-15H2,(H,30,31). The Labute approximate surface area is 183 Å². The molecule has 0 amide bonds. The highest BCUT2D eigenvalue weighted by molar-refractivity contribution is 5.83. The number of hydrogen-bond donors (Lipinski definition) is 1. The molecule has 2 heterocycles. The number of benzene rings is 3. The molecule has 0 unspecified atom stereocenters. The average molecular weight is 433 g/mol. The summed E-state index contributed by atoms with van der Waals surface area (Å²) in [6, 6.07) is 19.1. The molecule has 0 bridgehead atoms. The van der Waals surface area contributed by atoms with Crippen LogP contribution in [-0.2, 0) is 17.8 Å². The van der Waals surface area contributed by atoms with Gasteiger partial charge in [0, 0.05) is 31.4 Å². The van der Waals surface area contributed by atoms with Crippen LogP contribution in [0.15, 0.2) is 71.1 Å². The van der Waals surface area contributed by atoms with E-state index in [1.54, 1.807) is 24.3 Å². The topological polar surface area (TPSA) is 53.7 Å². The highest BCUT2D eigenvalue weighted by Gasteiger charge is 2.32. The lowest BCUT2D eigenvalue weighted by molar-refractivity contribution is -0.147. The molecular weight excluding hydrogens is 412 g/mol. The summed E-state index contributed by atoms with van der Waals surface area (Å²) in [5.41, 5.74) is 3.36. The zero-order chi connectivity index (χ0) is 22.2. The minimum absolute atomic E-state index is 0.237. The summed E-state index contributed by atoms with van der Waals surface area (Å²) in [6.07, 6.45) is 0.464. The van der Waals surface area contributed by atoms with Gasteiger partial charge in [-0.2, -0.15) is 0 Å². The fourth-order valence-corrected chi connectivity index (χ4v) is 4.17. The first kappa shape index (κ1) is 20.4. The average Bonchev–Trinajstić information content (AvgIpc) is 3.15. The molecule has 6 heteroatoms. The molecule has 0 atom stereocenters. The van der Waals surface area contributed by atoms with Crippen LogP contribution in [0.25, 0.3) is 22.3 Å². The number of hydrogen-bond acceptors (Lipinski definition) is 3. The van der Waals surface area contributed by atoms with Gasteiger partial charge in [-0.3, -0.25) is 9.69 Å². The van der Waals surface area contributed by atoms with Gasteiger partial charge in [-0.25, -0.2) is 8.78 Å². The summed E-state index contributed by atoms with van der Waals surface area (Å²) in [5, 5.41) is 9.80. The van der Waals surface area contributed by atoms with Gasteiger partial charge in [-0.05, 0) is 53.1 Å². The van der Waals surface area contributed by atoms with Crippen molar-refractivity contribution in [3.63, 3.8) is 0 Å². The fourth-order valence-electron chi connectivity index (χ4n) is 4.17. The van der Waals surface area contributed by atoms with E-state index in [1.165, 1.54) is 12.1 Å². The van der Waals surface area contributed by atoms with Crippen molar-refractivity contribution in [1.29, 1.82) is 0 Å². The summed E-state index contributed by atoms with van der Waals surface area (Å²) in [7, 11) is 0. The number of carbonyl (C=O) groups is 1. The molecule has 32 heavy (non-hydrogen) atoms. The highest BCUT2D eigenvalue weighted by Crippen LogP contribution is 2.31. The van der Waals surface area contributed by atoms with Gasteiger partial charge < -0.3 is 9.52 Å². The Hall–Kier alpha value is -3.51. The van der Waals surface area contributed by atoms with Crippen molar-refractivity contribution in [3.05, 3.63) is 95.1 Å². The molecule has 0 radical (unpaired) electrons. The van der Waals surface area contributed by atoms with E-state index in [2.05, 4.69) is 0 Å². The van der Waals surface area contributed by atoms with E-state index in [9.17, 15) is 13.6 Å². The molecule has 162 valence electrons. The second kappa shape index (κ2) is 8.20. The summed E-state index contributed by atoms with van der Waals surface area (Å²) in [6.45, 7) is 1.48. The second-order valence-electron chi connectivity index (χ2n) is 8.29. The van der Waals surface area contributed by atoms with Gasteiger partial charge in [0.1, 0.15) is 23.0 Å². The third-order valence-corrected chi connectivity index (χ3v) is 5.94. The van der Waals surface area contributed by atoms with E-state index < -0.39 is 5.97 Å². The van der Waals surface area contributed by atoms with E-state index in [4.69, 9.17) is 9.52 Å². The number of carboxylic acid groups (broad SMARTS) is 1. The third-order valence-electron chi connectivity index (χ3n) is 5.94. The van der Waals surface area contributed by atoms with Crippen LogP contribution >= 0.6 is 0 Å². The van der Waals surface area contributed by atoms with Gasteiger partial charge in [0.15, 0.2) is 0 Å². The minimum atomic E-state index is -0.787. The van der Waals surface area contributed by atoms with Crippen LogP contribution in [0.4, 0.5) is 8.78 Å². The van der Waals surface area contributed by atoms with Gasteiger partial charge in [0.25, 0.3) is 0 Å². The number of rotatable bonds is 6. The van der Waals surface area contributed by atoms with Crippen molar-refractivity contribution < 1.29 is 23.1 Å². The maximum atomic E-state index is 14.8. The molecule has 0 aliphatic carbocycles. The summed E-state index contributed by atoms with van der Waals surface area (Å²) < 4.78 is 34.7. The van der Waals surface area contributed by atoms with Crippen molar-refractivity contribution in [2.24, 2.45) is 5.92 Å². The largest absolute Gasteiger partial charge is 0.481 e. The fraction of sp³-hybridized carbons (Fsp3) is 0.192. The number of carboxylic acids is 1. The Morgan fingerprint density at radius 2 is 1.75 bits per heavy atom. The van der Waals surface area contributed by atoms with Crippen molar-refractivity contribution >= 4 is 16.9 Å². The molecule has 1 aliphatic heterocycles. The van der Waals surface area contributed by atoms with E-state index in [0.717, 1.165) is 16.5 Å². The predicted octanol–water partition coefficient (Wildman–Crippen LogP) is 5.49. The monoisotopic (exact) mass is 433 g/mol. The van der Waals surface area contributed by atoms with E-state index in [0.29, 0.717) is 48.5 Å². The number of furan rings is 1. The number of aliphatic carboxylic acids is 1. The lowest BCUT2D eigenvalue weighted by atomic mass is 9.99. The highest BCUT2D eigenvalue weighted by atomic mass is 19.1. The number of fused-ring (bicyclic) bond motifs is 1. The van der Waals surface area contributed by atoms with Gasteiger partial charge in [-0.15, -0.1) is 0 Å². The molecule has 1 aliphatic rings. The Morgan fingerprint density at radius 1 is 0.969 bits per heavy atom. The molecule has 3 aromatic carbocycles. The summed E-state index contributed by atoms with van der Waals surface area (Å²) in [4.78, 5) is 12.9. The smallest absolute Gasteiger partial charge is 0.309 e. The van der Waals surface area contributed by atoms with Crippen LogP contribution in [0, 0.1) is 17.6 Å². The summed E-state index contributed by atoms with van der Waals surface area (Å²) >= 11 is 0. The lowest BCUT2D eigenvalue weighted by Gasteiger charge is -2.36. The third kappa shape index (κ3) is 4.01. The molecule has 1 aromatic heterocycles. The quantitative estimate of drug-likeness (QED) is 0.437. The van der Waals surface area contributed by atoms with Crippen LogP contribution in [0.5, 0.6) is 0 Å². The number of likely N-dealkylation sites (tertiary alicyclic amines) is 1. The normalized spacial score (nSPS) is 14.6. The Balaban J connectivity index is 1.34. The molecule has 0 spiro atoms. The molecule has 5 rings (SSSR count). The van der Waals surface area contributed by atoms with Crippen LogP contribution in [0.1, 0.15) is 16.7 Å². The van der Waals surface area contributed by atoms with Crippen LogP contribution in [0.3, 0.4) is 0 Å². The van der Waals surface area contributed by atoms with Crippen molar-refractivity contribution in [2.75, 3.05) is 13.1 Å². The molecule has 4 aromatic rings. The maximum absolute atomic E-state index is 14.8. The zero-order valence-corrected chi connectivity index (χ0v) is 17.2. The van der Waals surface area contributed by atoms with Crippen molar-refractivity contribution in [2.45, 2.75) is 13.0 Å². The predicted molar refractivity (Wildman–Crippen MR) is 117 cm³/mol. The van der Waals surface area contributed by atoms with E-state index >= 15 is 0 Å². The zero-order valence-electron chi connectivity index (χ0n) is 17.2. The van der Waals surface area contributed by atoms with Gasteiger partial charge in [0.05, 0.1) is 11.5 Å². The van der Waals surface area contributed by atoms with Gasteiger partial charge in [0.2, 0.25) is 0 Å². The van der Waals surface area contributed by atoms with Crippen molar-refractivity contribution in [1.82, 2.24) is 4.90 Å². The second-order valence-corrected chi connectivity index (χ2v) is 8.29. The van der Waals surface area contributed by atoms with Crippen LogP contribution in [-0.4, -0.2) is 29.1 Å². The Bertz CT molecular complexity index is 1310. The SMILES string of the molecule is O=C(O)C1CN(Cc2ccc(-c3cc4cc(Cc5ccccc5F)ccc4o3)c(F)c2)C1. The lowest BCUT2D eigenvalue weighted by Crippen LogP contribution is -2.49. The first-order valence-corrected chi connectivity index (χ1v) is 10.5. The first-order valence-electron chi connectivity index (χ1n) is 10.5. The number of halogens is 2. The van der Waals surface area contributed by atoms with Crippen LogP contribution in [0.2, 0.25) is 0 Å². The molecule has 1 fully saturated rings. The first-order chi connectivity index (χ1) is 15.5. The van der Waals surface area contributed by atoms with E-state index in [-0.39, 0.29) is 17.6 Å². The Morgan fingerprint density at radius 3 is 2.50 bits per heavy atom. The molecule has 4 nitrogen and oxygen atoms in total.